The fraction of sp³-hybridized carbons (Fsp3) is 0.125. The van der Waals surface area contributed by atoms with Crippen LogP contribution in [0.3, 0.4) is 0 Å². The minimum absolute atomic E-state index is 0.258. The third-order valence-electron chi connectivity index (χ3n) is 3.52. The molecule has 1 N–H and O–H groups in total. The van der Waals surface area contributed by atoms with Crippen LogP contribution < -0.4 is 4.90 Å². The number of benzene rings is 1. The molecule has 1 aliphatic heterocycles. The maximum atomic E-state index is 12.5. The van der Waals surface area contributed by atoms with Crippen molar-refractivity contribution in [3.8, 4) is 0 Å². The van der Waals surface area contributed by atoms with E-state index in [4.69, 9.17) is 0 Å². The molecular formula is C16H14N2O2S. The Hall–Kier alpha value is -2.27. The Kier molecular flexibility index (Phi) is 3.43. The zero-order chi connectivity index (χ0) is 15.0. The van der Waals surface area contributed by atoms with E-state index in [1.807, 2.05) is 38.1 Å². The average Bonchev–Trinajstić information content (AvgIpc) is 3.04. The molecule has 0 unspecified atom stereocenters. The fourth-order valence-corrected chi connectivity index (χ4v) is 3.05. The van der Waals surface area contributed by atoms with E-state index in [0.29, 0.717) is 10.6 Å². The molecule has 1 aliphatic rings. The van der Waals surface area contributed by atoms with Crippen LogP contribution in [0.2, 0.25) is 0 Å². The van der Waals surface area contributed by atoms with E-state index in [-0.39, 0.29) is 11.1 Å². The molecule has 1 saturated heterocycles. The monoisotopic (exact) mass is 298 g/mol. The van der Waals surface area contributed by atoms with Crippen LogP contribution in [0.5, 0.6) is 0 Å². The summed E-state index contributed by atoms with van der Waals surface area (Å²) in [7, 11) is 0. The number of hydrogen-bond donors (Lipinski definition) is 1. The number of H-pyrrole nitrogens is 1. The molecule has 2 amide bonds. The Morgan fingerprint density at radius 1 is 1.14 bits per heavy atom. The van der Waals surface area contributed by atoms with Gasteiger partial charge in [0.2, 0.25) is 0 Å². The van der Waals surface area contributed by atoms with Crippen molar-refractivity contribution >= 4 is 34.7 Å². The summed E-state index contributed by atoms with van der Waals surface area (Å²) in [5.74, 6) is -0.270. The van der Waals surface area contributed by atoms with Crippen LogP contribution in [-0.2, 0) is 4.79 Å². The molecule has 0 atom stereocenters. The van der Waals surface area contributed by atoms with Gasteiger partial charge in [0.15, 0.2) is 0 Å². The SMILES string of the molecule is Cc1cccc(N2C(=O)S/C(=C/c3ccc[nH]3)C2=O)c1C. The van der Waals surface area contributed by atoms with Crippen LogP contribution in [0.4, 0.5) is 10.5 Å². The molecular weight excluding hydrogens is 284 g/mol. The number of nitrogens with one attached hydrogen (secondary N) is 1. The lowest BCUT2D eigenvalue weighted by Gasteiger charge is -2.16. The molecule has 3 rings (SSSR count). The Labute approximate surface area is 126 Å². The molecule has 0 spiro atoms. The lowest BCUT2D eigenvalue weighted by atomic mass is 10.1. The molecule has 2 aromatic rings. The quantitative estimate of drug-likeness (QED) is 0.856. The van der Waals surface area contributed by atoms with Crippen molar-refractivity contribution in [2.24, 2.45) is 0 Å². The predicted octanol–water partition coefficient (Wildman–Crippen LogP) is 3.87. The van der Waals surface area contributed by atoms with E-state index in [2.05, 4.69) is 4.98 Å². The van der Waals surface area contributed by atoms with E-state index in [1.165, 1.54) is 4.90 Å². The summed E-state index contributed by atoms with van der Waals surface area (Å²) in [6, 6.07) is 9.32. The summed E-state index contributed by atoms with van der Waals surface area (Å²) in [5.41, 5.74) is 3.47. The lowest BCUT2D eigenvalue weighted by Crippen LogP contribution is -2.28. The second kappa shape index (κ2) is 5.26. The maximum absolute atomic E-state index is 12.5. The third-order valence-corrected chi connectivity index (χ3v) is 4.39. The Morgan fingerprint density at radius 3 is 2.67 bits per heavy atom. The van der Waals surface area contributed by atoms with Gasteiger partial charge in [-0.15, -0.1) is 0 Å². The second-order valence-corrected chi connectivity index (χ2v) is 5.85. The van der Waals surface area contributed by atoms with Crippen molar-refractivity contribution < 1.29 is 9.59 Å². The zero-order valence-electron chi connectivity index (χ0n) is 11.7. The Balaban J connectivity index is 2.00. The number of aryl methyl sites for hydroxylation is 1. The standard InChI is InChI=1S/C16H14N2O2S/c1-10-5-3-7-13(11(10)2)18-15(19)14(21-16(18)20)9-12-6-4-8-17-12/h3-9,17H,1-2H3/b14-9+. The lowest BCUT2D eigenvalue weighted by molar-refractivity contribution is -0.113. The first-order chi connectivity index (χ1) is 10.1. The first-order valence-electron chi connectivity index (χ1n) is 6.55. The number of rotatable bonds is 2. The van der Waals surface area contributed by atoms with Gasteiger partial charge in [0.25, 0.3) is 11.1 Å². The number of imide groups is 1. The molecule has 5 heteroatoms. The summed E-state index contributed by atoms with van der Waals surface area (Å²) >= 11 is 0.968. The number of amides is 2. The molecule has 0 radical (unpaired) electrons. The first kappa shape index (κ1) is 13.7. The number of thioether (sulfide) groups is 1. The number of carbonyl (C=O) groups is 2. The van der Waals surface area contributed by atoms with Gasteiger partial charge in [-0.2, -0.15) is 0 Å². The molecule has 1 aromatic heterocycles. The van der Waals surface area contributed by atoms with E-state index in [0.717, 1.165) is 28.6 Å². The van der Waals surface area contributed by atoms with Gasteiger partial charge in [0.05, 0.1) is 10.6 Å². The van der Waals surface area contributed by atoms with Crippen LogP contribution in [0.1, 0.15) is 16.8 Å². The first-order valence-corrected chi connectivity index (χ1v) is 7.37. The summed E-state index contributed by atoms with van der Waals surface area (Å²) in [5, 5.41) is -0.258. The molecule has 0 bridgehead atoms. The van der Waals surface area contributed by atoms with E-state index >= 15 is 0 Å². The highest BCUT2D eigenvalue weighted by Crippen LogP contribution is 2.37. The zero-order valence-corrected chi connectivity index (χ0v) is 12.5. The van der Waals surface area contributed by atoms with Crippen LogP contribution in [0.25, 0.3) is 6.08 Å². The minimum atomic E-state index is -0.270. The molecule has 4 nitrogen and oxygen atoms in total. The van der Waals surface area contributed by atoms with Crippen LogP contribution >= 0.6 is 11.8 Å². The second-order valence-electron chi connectivity index (χ2n) is 4.86. The topological polar surface area (TPSA) is 53.2 Å². The van der Waals surface area contributed by atoms with Crippen molar-refractivity contribution in [3.05, 3.63) is 58.3 Å². The highest BCUT2D eigenvalue weighted by Gasteiger charge is 2.37. The number of nitrogens with zero attached hydrogens (tertiary/aromatic N) is 1. The van der Waals surface area contributed by atoms with Crippen LogP contribution in [0, 0.1) is 13.8 Å². The number of anilines is 1. The van der Waals surface area contributed by atoms with Gasteiger partial charge in [-0.3, -0.25) is 9.59 Å². The van der Waals surface area contributed by atoms with Gasteiger partial charge in [-0.1, -0.05) is 12.1 Å². The highest BCUT2D eigenvalue weighted by atomic mass is 32.2. The molecule has 21 heavy (non-hydrogen) atoms. The summed E-state index contributed by atoms with van der Waals surface area (Å²) in [6.45, 7) is 3.88. The molecule has 106 valence electrons. The normalized spacial score (nSPS) is 17.0. The smallest absolute Gasteiger partial charge is 0.298 e. The van der Waals surface area contributed by atoms with Crippen LogP contribution in [-0.4, -0.2) is 16.1 Å². The van der Waals surface area contributed by atoms with Gasteiger partial charge in [-0.25, -0.2) is 4.90 Å². The summed E-state index contributed by atoms with van der Waals surface area (Å²) in [4.78, 5) is 29.4. The van der Waals surface area contributed by atoms with E-state index in [1.54, 1.807) is 18.3 Å². The van der Waals surface area contributed by atoms with Crippen molar-refractivity contribution in [1.29, 1.82) is 0 Å². The van der Waals surface area contributed by atoms with Crippen molar-refractivity contribution in [1.82, 2.24) is 4.98 Å². The Bertz CT molecular complexity index is 748. The summed E-state index contributed by atoms with van der Waals surface area (Å²) < 4.78 is 0. The number of carbonyl (C=O) groups excluding carboxylic acids is 2. The van der Waals surface area contributed by atoms with Crippen molar-refractivity contribution in [2.45, 2.75) is 13.8 Å². The van der Waals surface area contributed by atoms with Gasteiger partial charge in [0.1, 0.15) is 0 Å². The highest BCUT2D eigenvalue weighted by molar-refractivity contribution is 8.19. The average molecular weight is 298 g/mol. The molecule has 0 saturated carbocycles. The summed E-state index contributed by atoms with van der Waals surface area (Å²) in [6.07, 6.45) is 3.48. The van der Waals surface area contributed by atoms with E-state index < -0.39 is 0 Å². The fourth-order valence-electron chi connectivity index (χ4n) is 2.23. The predicted molar refractivity (Wildman–Crippen MR) is 85.2 cm³/mol. The number of hydrogen-bond acceptors (Lipinski definition) is 3. The number of aromatic nitrogens is 1. The van der Waals surface area contributed by atoms with Gasteiger partial charge in [-0.05, 0) is 61.0 Å². The third kappa shape index (κ3) is 2.40. The van der Waals surface area contributed by atoms with E-state index in [9.17, 15) is 9.59 Å². The van der Waals surface area contributed by atoms with Crippen molar-refractivity contribution in [3.63, 3.8) is 0 Å². The largest absolute Gasteiger partial charge is 0.362 e. The van der Waals surface area contributed by atoms with Gasteiger partial charge < -0.3 is 4.98 Å². The van der Waals surface area contributed by atoms with Crippen molar-refractivity contribution in [2.75, 3.05) is 4.90 Å². The molecule has 1 aromatic carbocycles. The van der Waals surface area contributed by atoms with Gasteiger partial charge in [0, 0.05) is 11.9 Å². The minimum Gasteiger partial charge on any atom is -0.362 e. The van der Waals surface area contributed by atoms with Crippen LogP contribution in [0.15, 0.2) is 41.4 Å². The Morgan fingerprint density at radius 2 is 1.95 bits per heavy atom. The molecule has 0 aliphatic carbocycles. The maximum Gasteiger partial charge on any atom is 0.298 e. The number of aromatic amines is 1. The molecule has 2 heterocycles. The van der Waals surface area contributed by atoms with Gasteiger partial charge >= 0.3 is 0 Å². The molecule has 1 fully saturated rings.